The van der Waals surface area contributed by atoms with Gasteiger partial charge in [-0.1, -0.05) is 49.1 Å². The van der Waals surface area contributed by atoms with Crippen LogP contribution in [-0.4, -0.2) is 18.0 Å². The van der Waals surface area contributed by atoms with Crippen LogP contribution in [0, 0.1) is 0 Å². The topological polar surface area (TPSA) is 3.24 Å². The zero-order valence-electron chi connectivity index (χ0n) is 10.6. The highest BCUT2D eigenvalue weighted by atomic mass is 15.1. The predicted molar refractivity (Wildman–Crippen MR) is 76.9 cm³/mol. The molecule has 0 amide bonds. The maximum Gasteiger partial charge on any atom is 0.0326 e. The average Bonchev–Trinajstić information content (AvgIpc) is 2.38. The van der Waals surface area contributed by atoms with E-state index in [1.165, 1.54) is 5.56 Å². The molecule has 0 radical (unpaired) electrons. The Bertz CT molecular complexity index is 382. The first-order valence-electron chi connectivity index (χ1n) is 5.91. The molecule has 1 atom stereocenters. The zero-order valence-corrected chi connectivity index (χ0v) is 10.6. The van der Waals surface area contributed by atoms with E-state index in [0.29, 0.717) is 6.04 Å². The Balaban J connectivity index is 2.90. The average molecular weight is 227 g/mol. The molecule has 0 aromatic heterocycles. The van der Waals surface area contributed by atoms with Crippen molar-refractivity contribution in [3.05, 3.63) is 67.3 Å². The summed E-state index contributed by atoms with van der Waals surface area (Å²) < 4.78 is 0. The van der Waals surface area contributed by atoms with Crippen LogP contribution in [-0.2, 0) is 0 Å². The SMILES string of the molecule is C=CCN(CC=C)C(C)c1cccc(C=C)c1. The van der Waals surface area contributed by atoms with E-state index in [9.17, 15) is 0 Å². The second-order valence-corrected chi connectivity index (χ2v) is 4.08. The van der Waals surface area contributed by atoms with Gasteiger partial charge in [0, 0.05) is 19.1 Å². The number of hydrogen-bond acceptors (Lipinski definition) is 1. The van der Waals surface area contributed by atoms with Gasteiger partial charge in [0.1, 0.15) is 0 Å². The number of rotatable bonds is 7. The molecule has 0 aliphatic carbocycles. The highest BCUT2D eigenvalue weighted by Crippen LogP contribution is 2.21. The Morgan fingerprint density at radius 2 is 1.82 bits per heavy atom. The Kier molecular flexibility index (Phi) is 5.44. The highest BCUT2D eigenvalue weighted by Gasteiger charge is 2.12. The smallest absolute Gasteiger partial charge is 0.0326 e. The minimum atomic E-state index is 0.353. The second-order valence-electron chi connectivity index (χ2n) is 4.08. The quantitative estimate of drug-likeness (QED) is 0.635. The third kappa shape index (κ3) is 3.72. The molecule has 90 valence electrons. The van der Waals surface area contributed by atoms with Gasteiger partial charge in [-0.2, -0.15) is 0 Å². The fourth-order valence-corrected chi connectivity index (χ4v) is 1.88. The van der Waals surface area contributed by atoms with E-state index in [1.54, 1.807) is 0 Å². The molecule has 0 aliphatic rings. The zero-order chi connectivity index (χ0) is 12.7. The minimum absolute atomic E-state index is 0.353. The van der Waals surface area contributed by atoms with Crippen molar-refractivity contribution in [3.63, 3.8) is 0 Å². The van der Waals surface area contributed by atoms with E-state index in [0.717, 1.165) is 18.7 Å². The van der Waals surface area contributed by atoms with Crippen LogP contribution in [0.4, 0.5) is 0 Å². The summed E-state index contributed by atoms with van der Waals surface area (Å²) >= 11 is 0. The van der Waals surface area contributed by atoms with Crippen LogP contribution in [0.15, 0.2) is 56.2 Å². The summed E-state index contributed by atoms with van der Waals surface area (Å²) in [6.07, 6.45) is 5.73. The lowest BCUT2D eigenvalue weighted by atomic mass is 10.0. The molecule has 1 nitrogen and oxygen atoms in total. The van der Waals surface area contributed by atoms with Crippen molar-refractivity contribution >= 4 is 6.08 Å². The second kappa shape index (κ2) is 6.87. The van der Waals surface area contributed by atoms with Crippen molar-refractivity contribution in [1.82, 2.24) is 4.90 Å². The van der Waals surface area contributed by atoms with Gasteiger partial charge < -0.3 is 0 Å². The summed E-state index contributed by atoms with van der Waals surface area (Å²) in [5.74, 6) is 0. The maximum absolute atomic E-state index is 3.80. The van der Waals surface area contributed by atoms with E-state index in [2.05, 4.69) is 55.8 Å². The molecule has 0 saturated carbocycles. The van der Waals surface area contributed by atoms with Crippen LogP contribution in [0.1, 0.15) is 24.1 Å². The third-order valence-electron chi connectivity index (χ3n) is 2.90. The molecule has 1 aromatic rings. The van der Waals surface area contributed by atoms with Crippen LogP contribution in [0.3, 0.4) is 0 Å². The summed E-state index contributed by atoms with van der Waals surface area (Å²) in [6.45, 7) is 15.3. The highest BCUT2D eigenvalue weighted by molar-refractivity contribution is 5.48. The first-order chi connectivity index (χ1) is 8.22. The van der Waals surface area contributed by atoms with Crippen molar-refractivity contribution in [3.8, 4) is 0 Å². The van der Waals surface area contributed by atoms with Gasteiger partial charge >= 0.3 is 0 Å². The Morgan fingerprint density at radius 3 is 2.35 bits per heavy atom. The van der Waals surface area contributed by atoms with Crippen molar-refractivity contribution in [2.24, 2.45) is 0 Å². The van der Waals surface area contributed by atoms with Gasteiger partial charge in [0.15, 0.2) is 0 Å². The molecule has 0 bridgehead atoms. The first kappa shape index (κ1) is 13.5. The van der Waals surface area contributed by atoms with Crippen molar-refractivity contribution in [2.45, 2.75) is 13.0 Å². The van der Waals surface area contributed by atoms with Crippen molar-refractivity contribution in [1.29, 1.82) is 0 Å². The number of nitrogens with zero attached hydrogens (tertiary/aromatic N) is 1. The van der Waals surface area contributed by atoms with Crippen molar-refractivity contribution < 1.29 is 0 Å². The molecule has 0 N–H and O–H groups in total. The summed E-state index contributed by atoms with van der Waals surface area (Å²) in [7, 11) is 0. The van der Waals surface area contributed by atoms with E-state index in [-0.39, 0.29) is 0 Å². The number of hydrogen-bond donors (Lipinski definition) is 0. The summed E-state index contributed by atoms with van der Waals surface area (Å²) in [6, 6.07) is 8.82. The maximum atomic E-state index is 3.80. The molecule has 0 aliphatic heterocycles. The van der Waals surface area contributed by atoms with Gasteiger partial charge in [-0.25, -0.2) is 0 Å². The molecule has 1 rings (SSSR count). The first-order valence-corrected chi connectivity index (χ1v) is 5.91. The lowest BCUT2D eigenvalue weighted by molar-refractivity contribution is 0.260. The van der Waals surface area contributed by atoms with Crippen LogP contribution in [0.2, 0.25) is 0 Å². The minimum Gasteiger partial charge on any atom is -0.289 e. The van der Waals surface area contributed by atoms with Crippen LogP contribution >= 0.6 is 0 Å². The molecule has 0 saturated heterocycles. The Morgan fingerprint density at radius 1 is 1.18 bits per heavy atom. The van der Waals surface area contributed by atoms with Gasteiger partial charge in [0.25, 0.3) is 0 Å². The molecule has 1 aromatic carbocycles. The fraction of sp³-hybridized carbons (Fsp3) is 0.250. The summed E-state index contributed by atoms with van der Waals surface area (Å²) in [5.41, 5.74) is 2.46. The van der Waals surface area contributed by atoms with Gasteiger partial charge in [0.05, 0.1) is 0 Å². The van der Waals surface area contributed by atoms with Crippen LogP contribution in [0.5, 0.6) is 0 Å². The monoisotopic (exact) mass is 227 g/mol. The van der Waals surface area contributed by atoms with E-state index in [4.69, 9.17) is 0 Å². The lowest BCUT2D eigenvalue weighted by Gasteiger charge is -2.27. The van der Waals surface area contributed by atoms with E-state index in [1.807, 2.05) is 18.2 Å². The molecule has 0 fully saturated rings. The Labute approximate surface area is 105 Å². The normalized spacial score (nSPS) is 12.1. The van der Waals surface area contributed by atoms with E-state index < -0.39 is 0 Å². The number of benzene rings is 1. The van der Waals surface area contributed by atoms with Gasteiger partial charge in [-0.05, 0) is 18.1 Å². The van der Waals surface area contributed by atoms with E-state index >= 15 is 0 Å². The molecule has 0 heterocycles. The largest absolute Gasteiger partial charge is 0.289 e. The van der Waals surface area contributed by atoms with Gasteiger partial charge in [0.2, 0.25) is 0 Å². The molecule has 17 heavy (non-hydrogen) atoms. The Hall–Kier alpha value is -1.60. The van der Waals surface area contributed by atoms with Gasteiger partial charge in [-0.15, -0.1) is 13.2 Å². The molecule has 0 spiro atoms. The predicted octanol–water partition coefficient (Wildman–Crippen LogP) is 4.06. The van der Waals surface area contributed by atoms with Gasteiger partial charge in [-0.3, -0.25) is 4.90 Å². The lowest BCUT2D eigenvalue weighted by Crippen LogP contribution is -2.27. The molecular formula is C16H21N. The van der Waals surface area contributed by atoms with Crippen LogP contribution in [0.25, 0.3) is 6.08 Å². The van der Waals surface area contributed by atoms with Crippen LogP contribution < -0.4 is 0 Å². The molecule has 1 unspecified atom stereocenters. The standard InChI is InChI=1S/C16H21N/c1-5-11-17(12-6-2)14(4)16-10-8-9-15(7-3)13-16/h5-10,13-14H,1-3,11-12H2,4H3. The van der Waals surface area contributed by atoms with Crippen molar-refractivity contribution in [2.75, 3.05) is 13.1 Å². The molecular weight excluding hydrogens is 206 g/mol. The third-order valence-corrected chi connectivity index (χ3v) is 2.90. The summed E-state index contributed by atoms with van der Waals surface area (Å²) in [4.78, 5) is 2.32. The fourth-order valence-electron chi connectivity index (χ4n) is 1.88. The molecule has 1 heteroatoms. The summed E-state index contributed by atoms with van der Waals surface area (Å²) in [5, 5.41) is 0.